The van der Waals surface area contributed by atoms with Gasteiger partial charge in [-0.1, -0.05) is 0 Å². The highest BCUT2D eigenvalue weighted by atomic mass is 32.2. The van der Waals surface area contributed by atoms with E-state index in [1.54, 1.807) is 4.72 Å². The van der Waals surface area contributed by atoms with Crippen LogP contribution in [0.25, 0.3) is 0 Å². The van der Waals surface area contributed by atoms with Gasteiger partial charge in [0.25, 0.3) is 10.0 Å². The monoisotopic (exact) mass is 262 g/mol. The Balaban J connectivity index is 2.80. The lowest BCUT2D eigenvalue weighted by Gasteiger charge is -2.10. The molecule has 0 bridgehead atoms. The van der Waals surface area contributed by atoms with Crippen molar-refractivity contribution >= 4 is 31.1 Å². The third-order valence-corrected chi connectivity index (χ3v) is 4.37. The third-order valence-electron chi connectivity index (χ3n) is 2.19. The van der Waals surface area contributed by atoms with E-state index < -0.39 is 32.1 Å². The van der Waals surface area contributed by atoms with Crippen LogP contribution in [0.5, 0.6) is 0 Å². The van der Waals surface area contributed by atoms with Gasteiger partial charge in [0.15, 0.2) is 0 Å². The lowest BCUT2D eigenvalue weighted by molar-refractivity contribution is -0.119. The number of hydrogen-bond donors (Lipinski definition) is 2. The van der Waals surface area contributed by atoms with Crippen molar-refractivity contribution in [2.75, 3.05) is 0 Å². The van der Waals surface area contributed by atoms with Gasteiger partial charge in [-0.3, -0.25) is 4.79 Å². The summed E-state index contributed by atoms with van der Waals surface area (Å²) >= 11 is 0. The summed E-state index contributed by atoms with van der Waals surface area (Å²) in [7, 11) is -6.64. The molecule has 0 aromatic rings. The van der Waals surface area contributed by atoms with Crippen molar-refractivity contribution in [1.29, 1.82) is 0 Å². The molecule has 0 saturated carbocycles. The molecule has 1 heterocycles. The van der Waals surface area contributed by atoms with Gasteiger partial charge in [0.2, 0.25) is 16.2 Å². The molecule has 1 saturated heterocycles. The van der Waals surface area contributed by atoms with E-state index >= 15 is 0 Å². The maximum atomic E-state index is 11.4. The molecule has 2 aliphatic rings. The third kappa shape index (κ3) is 1.44. The van der Waals surface area contributed by atoms with Crippen LogP contribution in [0, 0.1) is 5.92 Å². The summed E-state index contributed by atoms with van der Waals surface area (Å²) in [5.41, 5.74) is 5.35. The summed E-state index contributed by atoms with van der Waals surface area (Å²) in [5.74, 6) is -2.19. The van der Waals surface area contributed by atoms with E-state index in [0.717, 1.165) is 12.2 Å². The van der Waals surface area contributed by atoms with Gasteiger partial charge in [-0.25, -0.2) is 13.1 Å². The number of nitrogens with two attached hydrogens (primary N) is 1. The largest absolute Gasteiger partial charge is 0.399 e. The molecule has 1 amide bonds. The lowest BCUT2D eigenvalue weighted by Crippen LogP contribution is -2.27. The first-order valence-corrected chi connectivity index (χ1v) is 6.60. The number of fused-ring (bicyclic) bond motifs is 1. The van der Waals surface area contributed by atoms with Crippen molar-refractivity contribution in [2.45, 2.75) is 0 Å². The van der Waals surface area contributed by atoms with Crippen molar-refractivity contribution in [2.24, 2.45) is 11.7 Å². The van der Waals surface area contributed by atoms with Crippen molar-refractivity contribution in [3.05, 3.63) is 22.8 Å². The minimum Gasteiger partial charge on any atom is -0.399 e. The average molecular weight is 262 g/mol. The quantitative estimate of drug-likeness (QED) is 0.480. The number of nitrogens with one attached hydrogen (secondary N) is 1. The minimum absolute atomic E-state index is 0.0227. The maximum absolute atomic E-state index is 11.4. The summed E-state index contributed by atoms with van der Waals surface area (Å²) in [6.45, 7) is 0. The Morgan fingerprint density at radius 2 is 1.94 bits per heavy atom. The highest BCUT2D eigenvalue weighted by Gasteiger charge is 2.45. The number of allylic oxidation sites excluding steroid dienone is 2. The van der Waals surface area contributed by atoms with E-state index in [1.165, 1.54) is 0 Å². The van der Waals surface area contributed by atoms with E-state index in [0.29, 0.717) is 0 Å². The molecule has 0 aromatic heterocycles. The van der Waals surface area contributed by atoms with E-state index in [2.05, 4.69) is 0 Å². The predicted octanol–water partition coefficient (Wildman–Crippen LogP) is -2.15. The molecule has 1 unspecified atom stereocenters. The van der Waals surface area contributed by atoms with Crippen LogP contribution in [0.15, 0.2) is 22.8 Å². The molecule has 1 aliphatic heterocycles. The molecule has 0 aromatic carbocycles. The predicted molar refractivity (Wildman–Crippen MR) is 54.8 cm³/mol. The minimum atomic E-state index is -3.95. The van der Waals surface area contributed by atoms with Crippen molar-refractivity contribution in [1.82, 2.24) is 4.72 Å². The molecular weight excluding hydrogens is 256 g/mol. The fraction of sp³-hybridized carbons (Fsp3) is 0.143. The first-order chi connectivity index (χ1) is 7.33. The summed E-state index contributed by atoms with van der Waals surface area (Å²) in [6, 6.07) is 0. The first-order valence-electron chi connectivity index (χ1n) is 4.04. The molecule has 3 N–H and O–H groups in total. The summed E-state index contributed by atoms with van der Waals surface area (Å²) in [4.78, 5) is 10.7. The second-order valence-electron chi connectivity index (χ2n) is 3.23. The molecule has 7 nitrogen and oxygen atoms in total. The number of amides is 1. The van der Waals surface area contributed by atoms with Crippen molar-refractivity contribution < 1.29 is 21.6 Å². The highest BCUT2D eigenvalue weighted by Crippen LogP contribution is 2.29. The smallest absolute Gasteiger partial charge is 0.261 e. The molecule has 1 aliphatic carbocycles. The summed E-state index contributed by atoms with van der Waals surface area (Å²) in [6.07, 6.45) is 2.14. The number of carbonyl (C=O) groups excluding carboxylic acids is 1. The van der Waals surface area contributed by atoms with Gasteiger partial charge in [0.05, 0.1) is 9.77 Å². The van der Waals surface area contributed by atoms with Crippen LogP contribution in [0.3, 0.4) is 0 Å². The van der Waals surface area contributed by atoms with E-state index in [4.69, 9.17) is 5.73 Å². The molecule has 1 fully saturated rings. The Bertz CT molecular complexity index is 672. The zero-order chi connectivity index (χ0) is 12.1. The van der Waals surface area contributed by atoms with Gasteiger partial charge in [-0.15, -0.1) is 0 Å². The van der Waals surface area contributed by atoms with Gasteiger partial charge in [-0.2, -0.15) is 8.42 Å². The Kier molecular flexibility index (Phi) is 2.17. The standard InChI is InChI=1S/C7H6N2O5S2/c8-3-1-4(15(11)12)6-5(2-3)16(13,14)9-7(6)10/h1-2,6H,8H2,(H,9,10). The zero-order valence-corrected chi connectivity index (χ0v) is 9.30. The maximum Gasteiger partial charge on any atom is 0.261 e. The van der Waals surface area contributed by atoms with E-state index in [-0.39, 0.29) is 15.5 Å². The number of rotatable bonds is 0. The summed E-state index contributed by atoms with van der Waals surface area (Å²) < 4.78 is 46.3. The van der Waals surface area contributed by atoms with Gasteiger partial charge < -0.3 is 5.73 Å². The molecule has 9 heteroatoms. The van der Waals surface area contributed by atoms with Gasteiger partial charge in [-0.05, 0) is 12.2 Å². The zero-order valence-electron chi connectivity index (χ0n) is 7.67. The van der Waals surface area contributed by atoms with Crippen LogP contribution in [0.4, 0.5) is 0 Å². The molecule has 1 atom stereocenters. The molecule has 86 valence electrons. The van der Waals surface area contributed by atoms with Crippen LogP contribution < -0.4 is 10.5 Å². The molecular formula is C7H6N2O5S2. The number of carbonyl (C=O) groups is 1. The van der Waals surface area contributed by atoms with E-state index in [9.17, 15) is 21.6 Å². The Hall–Kier alpha value is -1.61. The van der Waals surface area contributed by atoms with Crippen LogP contribution in [0.2, 0.25) is 0 Å². The Morgan fingerprint density at radius 3 is 2.50 bits per heavy atom. The number of hydrogen-bond acceptors (Lipinski definition) is 6. The molecule has 0 radical (unpaired) electrons. The Morgan fingerprint density at radius 1 is 1.31 bits per heavy atom. The van der Waals surface area contributed by atoms with Crippen LogP contribution in [-0.2, 0) is 25.1 Å². The molecule has 16 heavy (non-hydrogen) atoms. The van der Waals surface area contributed by atoms with Gasteiger partial charge in [0, 0.05) is 5.70 Å². The SMILES string of the molecule is NC1=CC(=S(=O)=O)C2C(=O)NS(=O)(=O)C2=C1. The van der Waals surface area contributed by atoms with Crippen molar-refractivity contribution in [3.63, 3.8) is 0 Å². The van der Waals surface area contributed by atoms with Crippen LogP contribution >= 0.6 is 0 Å². The summed E-state index contributed by atoms with van der Waals surface area (Å²) in [5, 5.41) is 0. The first kappa shape index (κ1) is 10.9. The lowest BCUT2D eigenvalue weighted by atomic mass is 9.98. The van der Waals surface area contributed by atoms with Crippen LogP contribution in [-0.4, -0.2) is 27.6 Å². The highest BCUT2D eigenvalue weighted by molar-refractivity contribution is 7.94. The average Bonchev–Trinajstić information content (AvgIpc) is 2.36. The molecule has 2 rings (SSSR count). The molecule has 0 spiro atoms. The topological polar surface area (TPSA) is 123 Å². The van der Waals surface area contributed by atoms with Crippen molar-refractivity contribution in [3.8, 4) is 0 Å². The van der Waals surface area contributed by atoms with E-state index in [1.807, 2.05) is 0 Å². The second kappa shape index (κ2) is 3.19. The fourth-order valence-corrected chi connectivity index (χ4v) is 3.63. The van der Waals surface area contributed by atoms with Gasteiger partial charge in [0.1, 0.15) is 5.92 Å². The number of sulfonamides is 1. The van der Waals surface area contributed by atoms with Gasteiger partial charge >= 0.3 is 0 Å². The second-order valence-corrected chi connectivity index (χ2v) is 5.85. The Labute approximate surface area is 92.2 Å². The van der Waals surface area contributed by atoms with Crippen LogP contribution in [0.1, 0.15) is 0 Å². The normalized spacial score (nSPS) is 26.6. The fourth-order valence-electron chi connectivity index (χ4n) is 1.56.